The highest BCUT2D eigenvalue weighted by Gasteiger charge is 2.30. The Morgan fingerprint density at radius 2 is 2.35 bits per heavy atom. The molecule has 1 fully saturated rings. The number of carbonyl (C=O) groups excluding carboxylic acids is 1. The van der Waals surface area contributed by atoms with Crippen molar-refractivity contribution in [2.75, 3.05) is 19.7 Å². The molecule has 0 saturated carbocycles. The Morgan fingerprint density at radius 1 is 1.43 bits per heavy atom. The van der Waals surface area contributed by atoms with Crippen molar-refractivity contribution in [1.82, 2.24) is 30.1 Å². The predicted octanol–water partition coefficient (Wildman–Crippen LogP) is 1.03. The molecule has 2 aromatic heterocycles. The number of amides is 1. The lowest BCUT2D eigenvalue weighted by Crippen LogP contribution is -2.42. The minimum atomic E-state index is -0.312. The van der Waals surface area contributed by atoms with Crippen molar-refractivity contribution in [3.63, 3.8) is 0 Å². The van der Waals surface area contributed by atoms with Gasteiger partial charge < -0.3 is 9.64 Å². The van der Waals surface area contributed by atoms with Gasteiger partial charge in [-0.1, -0.05) is 6.07 Å². The fourth-order valence-electron chi connectivity index (χ4n) is 2.72. The third kappa shape index (κ3) is 2.47. The van der Waals surface area contributed by atoms with Crippen LogP contribution < -0.4 is 0 Å². The molecule has 1 atom stereocenters. The molecule has 118 valence electrons. The highest BCUT2D eigenvalue weighted by Crippen LogP contribution is 2.26. The number of hydrogen-bond donors (Lipinski definition) is 0. The first-order chi connectivity index (χ1) is 11.2. The normalized spacial score (nSPS) is 18.5. The Hall–Kier alpha value is -2.39. The lowest BCUT2D eigenvalue weighted by Gasteiger charge is -2.32. The Labute approximate surface area is 135 Å². The third-order valence-electron chi connectivity index (χ3n) is 3.88. The van der Waals surface area contributed by atoms with E-state index >= 15 is 0 Å². The lowest BCUT2D eigenvalue weighted by molar-refractivity contribution is -0.0283. The van der Waals surface area contributed by atoms with Crippen LogP contribution in [0.25, 0.3) is 10.2 Å². The first kappa shape index (κ1) is 14.2. The smallest absolute Gasteiger partial charge is 0.255 e. The molecule has 1 amide bonds. The Kier molecular flexibility index (Phi) is 3.50. The number of tetrazole rings is 1. The maximum Gasteiger partial charge on any atom is 0.255 e. The Morgan fingerprint density at radius 3 is 3.17 bits per heavy atom. The molecule has 23 heavy (non-hydrogen) atoms. The summed E-state index contributed by atoms with van der Waals surface area (Å²) in [4.78, 5) is 19.0. The average Bonchev–Trinajstić information content (AvgIpc) is 3.22. The molecule has 1 aliphatic rings. The van der Waals surface area contributed by atoms with E-state index in [1.807, 2.05) is 18.2 Å². The number of benzene rings is 1. The fraction of sp³-hybridized carbons (Fsp3) is 0.357. The van der Waals surface area contributed by atoms with Crippen LogP contribution in [0.2, 0.25) is 0 Å². The second-order valence-corrected chi connectivity index (χ2v) is 6.13. The fourth-order valence-corrected chi connectivity index (χ4v) is 3.52. The van der Waals surface area contributed by atoms with E-state index in [0.717, 1.165) is 10.2 Å². The van der Waals surface area contributed by atoms with Gasteiger partial charge >= 0.3 is 0 Å². The number of rotatable bonds is 2. The van der Waals surface area contributed by atoms with Gasteiger partial charge in [-0.2, -0.15) is 0 Å². The minimum absolute atomic E-state index is 0.0109. The van der Waals surface area contributed by atoms with Crippen LogP contribution in [0.4, 0.5) is 0 Å². The summed E-state index contributed by atoms with van der Waals surface area (Å²) in [6.07, 6.45) is -0.312. The van der Waals surface area contributed by atoms with Gasteiger partial charge in [0.25, 0.3) is 5.91 Å². The minimum Gasteiger partial charge on any atom is -0.366 e. The molecular formula is C14H14N6O2S. The molecule has 9 heteroatoms. The number of aryl methyl sites for hydroxylation is 1. The molecule has 1 unspecified atom stereocenters. The first-order valence-electron chi connectivity index (χ1n) is 7.19. The predicted molar refractivity (Wildman–Crippen MR) is 83.0 cm³/mol. The van der Waals surface area contributed by atoms with Crippen molar-refractivity contribution in [3.05, 3.63) is 35.1 Å². The second kappa shape index (κ2) is 5.67. The van der Waals surface area contributed by atoms with Gasteiger partial charge in [-0.05, 0) is 22.6 Å². The summed E-state index contributed by atoms with van der Waals surface area (Å²) in [5, 5.41) is 11.4. The van der Waals surface area contributed by atoms with Crippen LogP contribution in [0.15, 0.2) is 23.7 Å². The summed E-state index contributed by atoms with van der Waals surface area (Å²) in [5.41, 5.74) is 3.29. The van der Waals surface area contributed by atoms with Crippen LogP contribution in [-0.4, -0.2) is 55.7 Å². The lowest BCUT2D eigenvalue weighted by atomic mass is 10.1. The summed E-state index contributed by atoms with van der Waals surface area (Å²) in [6.45, 7) is 1.44. The van der Waals surface area contributed by atoms with Gasteiger partial charge in [0.05, 0.1) is 34.4 Å². The zero-order chi connectivity index (χ0) is 15.8. The molecule has 1 aliphatic heterocycles. The summed E-state index contributed by atoms with van der Waals surface area (Å²) in [6, 6.07) is 5.62. The van der Waals surface area contributed by atoms with E-state index in [4.69, 9.17) is 4.74 Å². The topological polar surface area (TPSA) is 86.0 Å². The van der Waals surface area contributed by atoms with Gasteiger partial charge in [-0.25, -0.2) is 9.67 Å². The van der Waals surface area contributed by atoms with Crippen molar-refractivity contribution in [2.45, 2.75) is 6.10 Å². The van der Waals surface area contributed by atoms with Crippen LogP contribution in [0.1, 0.15) is 22.3 Å². The molecule has 0 spiro atoms. The number of ether oxygens (including phenoxy) is 1. The molecule has 1 saturated heterocycles. The summed E-state index contributed by atoms with van der Waals surface area (Å²) >= 11 is 1.48. The summed E-state index contributed by atoms with van der Waals surface area (Å²) in [7, 11) is 1.76. The molecule has 0 bridgehead atoms. The molecule has 0 radical (unpaired) electrons. The van der Waals surface area contributed by atoms with Crippen molar-refractivity contribution in [1.29, 1.82) is 0 Å². The number of carbonyl (C=O) groups is 1. The number of thiazole rings is 1. The molecule has 4 rings (SSSR count). The van der Waals surface area contributed by atoms with Crippen LogP contribution in [0, 0.1) is 0 Å². The molecule has 3 aromatic rings. The SMILES string of the molecule is Cn1nnnc1C1CN(C(=O)c2cccc3ncsc23)CCO1. The van der Waals surface area contributed by atoms with Crippen LogP contribution in [-0.2, 0) is 11.8 Å². The van der Waals surface area contributed by atoms with Crippen LogP contribution >= 0.6 is 11.3 Å². The van der Waals surface area contributed by atoms with E-state index in [0.29, 0.717) is 31.1 Å². The van der Waals surface area contributed by atoms with Gasteiger partial charge in [-0.3, -0.25) is 4.79 Å². The van der Waals surface area contributed by atoms with Crippen molar-refractivity contribution in [2.24, 2.45) is 7.05 Å². The monoisotopic (exact) mass is 330 g/mol. The Bertz CT molecular complexity index is 860. The van der Waals surface area contributed by atoms with E-state index in [2.05, 4.69) is 20.5 Å². The number of nitrogens with zero attached hydrogens (tertiary/aromatic N) is 6. The van der Waals surface area contributed by atoms with Gasteiger partial charge in [0.2, 0.25) is 0 Å². The molecule has 8 nitrogen and oxygen atoms in total. The average molecular weight is 330 g/mol. The van der Waals surface area contributed by atoms with Gasteiger partial charge in [-0.15, -0.1) is 16.4 Å². The molecule has 1 aromatic carbocycles. The third-order valence-corrected chi connectivity index (χ3v) is 4.76. The number of fused-ring (bicyclic) bond motifs is 1. The highest BCUT2D eigenvalue weighted by molar-refractivity contribution is 7.17. The maximum absolute atomic E-state index is 12.9. The zero-order valence-corrected chi connectivity index (χ0v) is 13.2. The van der Waals surface area contributed by atoms with E-state index in [1.54, 1.807) is 22.1 Å². The van der Waals surface area contributed by atoms with Gasteiger partial charge in [0.15, 0.2) is 5.82 Å². The molecule has 3 heterocycles. The maximum atomic E-state index is 12.9. The molecule has 0 N–H and O–H groups in total. The van der Waals surface area contributed by atoms with Crippen molar-refractivity contribution < 1.29 is 9.53 Å². The number of hydrogen-bond acceptors (Lipinski definition) is 7. The van der Waals surface area contributed by atoms with Crippen LogP contribution in [0.5, 0.6) is 0 Å². The summed E-state index contributed by atoms with van der Waals surface area (Å²) < 4.78 is 8.21. The van der Waals surface area contributed by atoms with E-state index in [1.165, 1.54) is 11.3 Å². The summed E-state index contributed by atoms with van der Waals surface area (Å²) in [5.74, 6) is 0.613. The highest BCUT2D eigenvalue weighted by atomic mass is 32.1. The quantitative estimate of drug-likeness (QED) is 0.698. The van der Waals surface area contributed by atoms with Crippen molar-refractivity contribution in [3.8, 4) is 0 Å². The van der Waals surface area contributed by atoms with E-state index in [-0.39, 0.29) is 12.0 Å². The van der Waals surface area contributed by atoms with Crippen LogP contribution in [0.3, 0.4) is 0 Å². The van der Waals surface area contributed by atoms with Gasteiger partial charge in [0, 0.05) is 13.6 Å². The zero-order valence-electron chi connectivity index (χ0n) is 12.4. The van der Waals surface area contributed by atoms with E-state index in [9.17, 15) is 4.79 Å². The number of aromatic nitrogens is 5. The van der Waals surface area contributed by atoms with Gasteiger partial charge in [0.1, 0.15) is 6.10 Å². The molecule has 0 aliphatic carbocycles. The molecular weight excluding hydrogens is 316 g/mol. The first-order valence-corrected chi connectivity index (χ1v) is 8.07. The number of morpholine rings is 1. The standard InChI is InChI=1S/C14H14N6O2S/c1-19-13(16-17-18-19)11-7-20(5-6-22-11)14(21)9-3-2-4-10-12(9)23-8-15-10/h2-4,8,11H,5-7H2,1H3. The van der Waals surface area contributed by atoms with Crippen molar-refractivity contribution >= 4 is 27.5 Å². The largest absolute Gasteiger partial charge is 0.366 e. The second-order valence-electron chi connectivity index (χ2n) is 5.28. The Balaban J connectivity index is 1.61. The van der Waals surface area contributed by atoms with E-state index < -0.39 is 0 Å².